The minimum absolute atomic E-state index is 0.117. The highest BCUT2D eigenvalue weighted by atomic mass is 35.5. The Bertz CT molecular complexity index is 663. The van der Waals surface area contributed by atoms with Gasteiger partial charge in [0, 0.05) is 6.04 Å². The van der Waals surface area contributed by atoms with Crippen LogP contribution in [0.1, 0.15) is 17.2 Å². The lowest BCUT2D eigenvalue weighted by atomic mass is 9.99. The molecule has 0 saturated heterocycles. The van der Waals surface area contributed by atoms with Crippen molar-refractivity contribution >= 4 is 11.6 Å². The summed E-state index contributed by atoms with van der Waals surface area (Å²) in [5, 5.41) is 0.117. The van der Waals surface area contributed by atoms with Crippen molar-refractivity contribution in [3.63, 3.8) is 0 Å². The number of benzene rings is 2. The molecule has 0 aliphatic carbocycles. The number of fused-ring (bicyclic) bond motifs is 1. The van der Waals surface area contributed by atoms with E-state index in [1.54, 1.807) is 12.1 Å². The number of halogens is 2. The van der Waals surface area contributed by atoms with Crippen molar-refractivity contribution in [3.05, 3.63) is 58.4 Å². The van der Waals surface area contributed by atoms with Crippen molar-refractivity contribution < 1.29 is 13.9 Å². The molecule has 2 aromatic rings. The minimum Gasteiger partial charge on any atom is -0.486 e. The second kappa shape index (κ2) is 5.92. The maximum Gasteiger partial charge on any atom is 0.161 e. The summed E-state index contributed by atoms with van der Waals surface area (Å²) in [6.45, 7) is 1.09. The first-order valence-electron chi connectivity index (χ1n) is 6.72. The third-order valence-electron chi connectivity index (χ3n) is 3.43. The molecule has 110 valence electrons. The lowest BCUT2D eigenvalue weighted by Gasteiger charge is -2.20. The summed E-state index contributed by atoms with van der Waals surface area (Å²) in [6.07, 6.45) is 0.522. The lowest BCUT2D eigenvalue weighted by Crippen LogP contribution is -2.17. The molecule has 0 fully saturated rings. The summed E-state index contributed by atoms with van der Waals surface area (Å²) in [6, 6.07) is 10.1. The number of hydrogen-bond donors (Lipinski definition) is 1. The first-order valence-corrected chi connectivity index (χ1v) is 7.10. The van der Waals surface area contributed by atoms with Gasteiger partial charge in [-0.1, -0.05) is 23.7 Å². The van der Waals surface area contributed by atoms with Crippen molar-refractivity contribution in [1.29, 1.82) is 0 Å². The largest absolute Gasteiger partial charge is 0.486 e. The molecule has 3 nitrogen and oxygen atoms in total. The Hall–Kier alpha value is -1.78. The molecule has 1 heterocycles. The van der Waals surface area contributed by atoms with Crippen LogP contribution >= 0.6 is 11.6 Å². The van der Waals surface area contributed by atoms with Gasteiger partial charge in [0.15, 0.2) is 11.5 Å². The van der Waals surface area contributed by atoms with Gasteiger partial charge in [-0.25, -0.2) is 4.39 Å². The van der Waals surface area contributed by atoms with E-state index in [0.29, 0.717) is 25.4 Å². The van der Waals surface area contributed by atoms with Crippen LogP contribution in [0, 0.1) is 5.82 Å². The van der Waals surface area contributed by atoms with Crippen LogP contribution in [0.2, 0.25) is 5.02 Å². The predicted molar refractivity (Wildman–Crippen MR) is 79.5 cm³/mol. The molecular weight excluding hydrogens is 293 g/mol. The normalized spacial score (nSPS) is 14.8. The first-order chi connectivity index (χ1) is 10.1. The van der Waals surface area contributed by atoms with Crippen molar-refractivity contribution in [2.24, 2.45) is 5.73 Å². The molecule has 0 radical (unpaired) electrons. The van der Waals surface area contributed by atoms with Gasteiger partial charge in [0.1, 0.15) is 19.0 Å². The van der Waals surface area contributed by atoms with Crippen molar-refractivity contribution in [2.75, 3.05) is 13.2 Å². The van der Waals surface area contributed by atoms with Gasteiger partial charge in [0.2, 0.25) is 0 Å². The van der Waals surface area contributed by atoms with Crippen LogP contribution in [0.15, 0.2) is 36.4 Å². The van der Waals surface area contributed by atoms with Gasteiger partial charge in [0.25, 0.3) is 0 Å². The summed E-state index contributed by atoms with van der Waals surface area (Å²) < 4.78 is 24.5. The van der Waals surface area contributed by atoms with E-state index in [1.165, 1.54) is 6.07 Å². The summed E-state index contributed by atoms with van der Waals surface area (Å²) in [7, 11) is 0. The van der Waals surface area contributed by atoms with E-state index in [2.05, 4.69) is 0 Å². The highest BCUT2D eigenvalue weighted by Crippen LogP contribution is 2.33. The SMILES string of the molecule is NC(Cc1ccc(Cl)c(F)c1)c1ccc2c(c1)OCCO2. The molecule has 1 aliphatic rings. The van der Waals surface area contributed by atoms with Gasteiger partial charge in [-0.15, -0.1) is 0 Å². The Balaban J connectivity index is 1.78. The van der Waals surface area contributed by atoms with Crippen LogP contribution in [0.4, 0.5) is 4.39 Å². The first kappa shape index (κ1) is 14.2. The molecule has 0 spiro atoms. The van der Waals surface area contributed by atoms with Gasteiger partial charge in [-0.05, 0) is 41.8 Å². The predicted octanol–water partition coefficient (Wildman–Crippen LogP) is 3.49. The Morgan fingerprint density at radius 2 is 1.86 bits per heavy atom. The summed E-state index contributed by atoms with van der Waals surface area (Å²) in [5.74, 6) is 1.01. The van der Waals surface area contributed by atoms with E-state index in [0.717, 1.165) is 16.9 Å². The van der Waals surface area contributed by atoms with Crippen LogP contribution < -0.4 is 15.2 Å². The van der Waals surface area contributed by atoms with E-state index in [4.69, 9.17) is 26.8 Å². The summed E-state index contributed by atoms with van der Waals surface area (Å²) >= 11 is 5.68. The highest BCUT2D eigenvalue weighted by molar-refractivity contribution is 6.30. The second-order valence-electron chi connectivity index (χ2n) is 4.96. The molecule has 5 heteroatoms. The number of hydrogen-bond acceptors (Lipinski definition) is 3. The zero-order valence-corrected chi connectivity index (χ0v) is 12.1. The Morgan fingerprint density at radius 1 is 1.10 bits per heavy atom. The van der Waals surface area contributed by atoms with Gasteiger partial charge in [-0.3, -0.25) is 0 Å². The van der Waals surface area contributed by atoms with Crippen molar-refractivity contribution in [1.82, 2.24) is 0 Å². The zero-order valence-electron chi connectivity index (χ0n) is 11.3. The Kier molecular flexibility index (Phi) is 3.99. The van der Waals surface area contributed by atoms with Crippen LogP contribution in [0.5, 0.6) is 11.5 Å². The molecule has 0 saturated carbocycles. The molecule has 2 N–H and O–H groups in total. The van der Waals surface area contributed by atoms with Crippen molar-refractivity contribution in [2.45, 2.75) is 12.5 Å². The molecule has 0 amide bonds. The van der Waals surface area contributed by atoms with E-state index >= 15 is 0 Å². The average molecular weight is 308 g/mol. The monoisotopic (exact) mass is 307 g/mol. The zero-order chi connectivity index (χ0) is 14.8. The molecule has 1 unspecified atom stereocenters. The standard InChI is InChI=1S/C16H15ClFNO2/c17-12-3-1-10(7-13(12)18)8-14(19)11-2-4-15-16(9-11)21-6-5-20-15/h1-4,7,9,14H,5-6,8,19H2. The van der Waals surface area contributed by atoms with Gasteiger partial charge < -0.3 is 15.2 Å². The maximum absolute atomic E-state index is 13.4. The smallest absolute Gasteiger partial charge is 0.161 e. The van der Waals surface area contributed by atoms with Crippen LogP contribution in [-0.2, 0) is 6.42 Å². The molecule has 1 aliphatic heterocycles. The third kappa shape index (κ3) is 3.12. The number of nitrogens with two attached hydrogens (primary N) is 1. The molecule has 21 heavy (non-hydrogen) atoms. The molecule has 1 atom stereocenters. The van der Waals surface area contributed by atoms with Gasteiger partial charge in [-0.2, -0.15) is 0 Å². The Morgan fingerprint density at radius 3 is 2.62 bits per heavy atom. The van der Waals surface area contributed by atoms with Gasteiger partial charge >= 0.3 is 0 Å². The quantitative estimate of drug-likeness (QED) is 0.944. The van der Waals surface area contributed by atoms with E-state index in [1.807, 2.05) is 18.2 Å². The average Bonchev–Trinajstić information content (AvgIpc) is 2.50. The molecule has 2 aromatic carbocycles. The molecule has 3 rings (SSSR count). The number of rotatable bonds is 3. The third-order valence-corrected chi connectivity index (χ3v) is 3.74. The molecule has 0 aromatic heterocycles. The number of ether oxygens (including phenoxy) is 2. The minimum atomic E-state index is -0.427. The fourth-order valence-corrected chi connectivity index (χ4v) is 2.45. The Labute approximate surface area is 127 Å². The van der Waals surface area contributed by atoms with Crippen LogP contribution in [-0.4, -0.2) is 13.2 Å². The summed E-state index contributed by atoms with van der Waals surface area (Å²) in [5.41, 5.74) is 7.93. The van der Waals surface area contributed by atoms with Crippen molar-refractivity contribution in [3.8, 4) is 11.5 Å². The van der Waals surface area contributed by atoms with Crippen LogP contribution in [0.25, 0.3) is 0 Å². The van der Waals surface area contributed by atoms with E-state index in [9.17, 15) is 4.39 Å². The van der Waals surface area contributed by atoms with E-state index < -0.39 is 5.82 Å². The van der Waals surface area contributed by atoms with Gasteiger partial charge in [0.05, 0.1) is 5.02 Å². The maximum atomic E-state index is 13.4. The van der Waals surface area contributed by atoms with E-state index in [-0.39, 0.29) is 11.1 Å². The topological polar surface area (TPSA) is 44.5 Å². The van der Waals surface area contributed by atoms with Crippen LogP contribution in [0.3, 0.4) is 0 Å². The fraction of sp³-hybridized carbons (Fsp3) is 0.250. The molecular formula is C16H15ClFNO2. The lowest BCUT2D eigenvalue weighted by molar-refractivity contribution is 0.171. The highest BCUT2D eigenvalue weighted by Gasteiger charge is 2.15. The molecule has 0 bridgehead atoms. The second-order valence-corrected chi connectivity index (χ2v) is 5.37. The fourth-order valence-electron chi connectivity index (χ4n) is 2.33. The summed E-state index contributed by atoms with van der Waals surface area (Å²) in [4.78, 5) is 0.